The molecule has 114 valence electrons. The van der Waals surface area contributed by atoms with Crippen molar-refractivity contribution in [3.8, 4) is 11.5 Å². The number of aromatic nitrogens is 2. The number of halogens is 3. The van der Waals surface area contributed by atoms with Crippen LogP contribution in [0, 0.1) is 0 Å². The van der Waals surface area contributed by atoms with Gasteiger partial charge >= 0.3 is 6.18 Å². The molecular formula is C13H14F3N3O2. The molecule has 1 aliphatic rings. The van der Waals surface area contributed by atoms with Gasteiger partial charge in [-0.05, 0) is 13.8 Å². The number of rotatable bonds is 2. The second-order valence-electron chi connectivity index (χ2n) is 5.70. The Morgan fingerprint density at radius 1 is 1.24 bits per heavy atom. The van der Waals surface area contributed by atoms with Crippen LogP contribution in [0.15, 0.2) is 12.1 Å². The lowest BCUT2D eigenvalue weighted by molar-refractivity contribution is -0.147. The lowest BCUT2D eigenvalue weighted by Gasteiger charge is -2.21. The fourth-order valence-corrected chi connectivity index (χ4v) is 2.30. The van der Waals surface area contributed by atoms with Crippen molar-refractivity contribution in [2.24, 2.45) is 5.73 Å². The highest BCUT2D eigenvalue weighted by Gasteiger charge is 2.38. The highest BCUT2D eigenvalue weighted by atomic mass is 19.4. The monoisotopic (exact) mass is 301 g/mol. The lowest BCUT2D eigenvalue weighted by Crippen LogP contribution is -2.38. The van der Waals surface area contributed by atoms with E-state index in [1.807, 2.05) is 0 Å². The second kappa shape index (κ2) is 4.27. The number of nitrogens with zero attached hydrogens (tertiary/aromatic N) is 2. The van der Waals surface area contributed by atoms with Crippen LogP contribution < -0.4 is 15.2 Å². The van der Waals surface area contributed by atoms with E-state index in [-0.39, 0.29) is 18.9 Å². The summed E-state index contributed by atoms with van der Waals surface area (Å²) in [6.07, 6.45) is -4.56. The van der Waals surface area contributed by atoms with Gasteiger partial charge < -0.3 is 19.8 Å². The van der Waals surface area contributed by atoms with Crippen LogP contribution in [0.2, 0.25) is 0 Å². The topological polar surface area (TPSA) is 62.3 Å². The standard InChI is InChI=1S/C13H14F3N3O2/c1-12(2,17)5-19-8-4-10-9(20-6-21-10)3-7(8)18-11(19)13(14,15)16/h3-4H,5-6,17H2,1-2H3. The number of nitrogens with two attached hydrogens (primary N) is 1. The Bertz CT molecular complexity index is 701. The van der Waals surface area contributed by atoms with Crippen molar-refractivity contribution in [3.63, 3.8) is 0 Å². The Morgan fingerprint density at radius 2 is 1.86 bits per heavy atom. The minimum Gasteiger partial charge on any atom is -0.454 e. The summed E-state index contributed by atoms with van der Waals surface area (Å²) in [5.41, 5.74) is 5.58. The molecule has 0 atom stereocenters. The fraction of sp³-hybridized carbons (Fsp3) is 0.462. The highest BCUT2D eigenvalue weighted by Crippen LogP contribution is 2.39. The normalized spacial score (nSPS) is 15.0. The van der Waals surface area contributed by atoms with E-state index in [4.69, 9.17) is 15.2 Å². The number of ether oxygens (including phenoxy) is 2. The summed E-state index contributed by atoms with van der Waals surface area (Å²) in [7, 11) is 0. The van der Waals surface area contributed by atoms with Gasteiger partial charge in [0, 0.05) is 24.2 Å². The first-order valence-corrected chi connectivity index (χ1v) is 6.31. The summed E-state index contributed by atoms with van der Waals surface area (Å²) in [6, 6.07) is 2.96. The number of fused-ring (bicyclic) bond motifs is 2. The van der Waals surface area contributed by atoms with Gasteiger partial charge in [0.1, 0.15) is 0 Å². The Balaban J connectivity index is 2.24. The van der Waals surface area contributed by atoms with Crippen molar-refractivity contribution in [1.82, 2.24) is 9.55 Å². The molecule has 3 rings (SSSR count). The molecule has 0 aliphatic carbocycles. The zero-order chi connectivity index (χ0) is 15.4. The van der Waals surface area contributed by atoms with E-state index >= 15 is 0 Å². The molecule has 8 heteroatoms. The van der Waals surface area contributed by atoms with Gasteiger partial charge in [-0.15, -0.1) is 0 Å². The number of imidazole rings is 1. The van der Waals surface area contributed by atoms with E-state index < -0.39 is 17.5 Å². The van der Waals surface area contributed by atoms with Gasteiger partial charge in [0.05, 0.1) is 11.0 Å². The SMILES string of the molecule is CC(C)(N)Cn1c(C(F)(F)F)nc2cc3c(cc21)OCO3. The third-order valence-electron chi connectivity index (χ3n) is 3.06. The van der Waals surface area contributed by atoms with Crippen molar-refractivity contribution in [2.45, 2.75) is 32.1 Å². The van der Waals surface area contributed by atoms with Crippen LogP contribution in [-0.4, -0.2) is 21.9 Å². The molecular weight excluding hydrogens is 287 g/mol. The third-order valence-corrected chi connectivity index (χ3v) is 3.06. The van der Waals surface area contributed by atoms with E-state index in [2.05, 4.69) is 4.98 Å². The van der Waals surface area contributed by atoms with E-state index in [1.165, 1.54) is 12.1 Å². The molecule has 0 saturated carbocycles. The first-order chi connectivity index (χ1) is 9.65. The summed E-state index contributed by atoms with van der Waals surface area (Å²) in [5, 5.41) is 0. The molecule has 1 aromatic heterocycles. The van der Waals surface area contributed by atoms with Crippen LogP contribution in [-0.2, 0) is 12.7 Å². The van der Waals surface area contributed by atoms with Gasteiger partial charge in [-0.2, -0.15) is 13.2 Å². The van der Waals surface area contributed by atoms with Gasteiger partial charge in [-0.1, -0.05) is 0 Å². The van der Waals surface area contributed by atoms with Crippen molar-refractivity contribution < 1.29 is 22.6 Å². The van der Waals surface area contributed by atoms with Gasteiger partial charge in [0.15, 0.2) is 11.5 Å². The number of hydrogen-bond acceptors (Lipinski definition) is 4. The summed E-state index contributed by atoms with van der Waals surface area (Å²) in [4.78, 5) is 3.69. The van der Waals surface area contributed by atoms with E-state index in [0.29, 0.717) is 17.0 Å². The molecule has 1 aliphatic heterocycles. The first kappa shape index (κ1) is 14.0. The molecule has 0 saturated heterocycles. The van der Waals surface area contributed by atoms with Gasteiger partial charge in [-0.25, -0.2) is 4.98 Å². The molecule has 2 heterocycles. The molecule has 2 N–H and O–H groups in total. The molecule has 1 aromatic carbocycles. The molecule has 0 spiro atoms. The number of alkyl halides is 3. The highest BCUT2D eigenvalue weighted by molar-refractivity contribution is 5.81. The molecule has 0 unspecified atom stereocenters. The fourth-order valence-electron chi connectivity index (χ4n) is 2.30. The quantitative estimate of drug-likeness (QED) is 0.926. The lowest BCUT2D eigenvalue weighted by atomic mass is 10.1. The predicted octanol–water partition coefficient (Wildman–Crippen LogP) is 2.52. The predicted molar refractivity (Wildman–Crippen MR) is 69.1 cm³/mol. The van der Waals surface area contributed by atoms with Gasteiger partial charge in [0.2, 0.25) is 12.6 Å². The van der Waals surface area contributed by atoms with Crippen molar-refractivity contribution in [1.29, 1.82) is 0 Å². The average molecular weight is 301 g/mol. The molecule has 0 fully saturated rings. The molecule has 0 amide bonds. The largest absolute Gasteiger partial charge is 0.454 e. The molecule has 21 heavy (non-hydrogen) atoms. The van der Waals surface area contributed by atoms with Gasteiger partial charge in [0.25, 0.3) is 0 Å². The maximum absolute atomic E-state index is 13.2. The zero-order valence-corrected chi connectivity index (χ0v) is 11.5. The van der Waals surface area contributed by atoms with E-state index in [1.54, 1.807) is 13.8 Å². The Kier molecular flexibility index (Phi) is 2.84. The van der Waals surface area contributed by atoms with E-state index in [0.717, 1.165) is 4.57 Å². The first-order valence-electron chi connectivity index (χ1n) is 6.31. The van der Waals surface area contributed by atoms with Crippen LogP contribution in [0.1, 0.15) is 19.7 Å². The minimum atomic E-state index is -4.56. The number of benzene rings is 1. The van der Waals surface area contributed by atoms with Crippen LogP contribution in [0.25, 0.3) is 11.0 Å². The van der Waals surface area contributed by atoms with Crippen LogP contribution in [0.3, 0.4) is 0 Å². The van der Waals surface area contributed by atoms with Crippen molar-refractivity contribution in [2.75, 3.05) is 6.79 Å². The maximum Gasteiger partial charge on any atom is 0.449 e. The maximum atomic E-state index is 13.2. The average Bonchev–Trinajstić information content (AvgIpc) is 2.88. The summed E-state index contributed by atoms with van der Waals surface area (Å²) < 4.78 is 51.0. The second-order valence-corrected chi connectivity index (χ2v) is 5.70. The van der Waals surface area contributed by atoms with Crippen molar-refractivity contribution in [3.05, 3.63) is 18.0 Å². The van der Waals surface area contributed by atoms with Crippen LogP contribution in [0.5, 0.6) is 11.5 Å². The van der Waals surface area contributed by atoms with Crippen LogP contribution in [0.4, 0.5) is 13.2 Å². The summed E-state index contributed by atoms with van der Waals surface area (Å²) in [5.74, 6) is -0.167. The minimum absolute atomic E-state index is 0.0159. The molecule has 5 nitrogen and oxygen atoms in total. The smallest absolute Gasteiger partial charge is 0.449 e. The van der Waals surface area contributed by atoms with Crippen molar-refractivity contribution >= 4 is 11.0 Å². The zero-order valence-electron chi connectivity index (χ0n) is 11.5. The molecule has 2 aromatic rings. The van der Waals surface area contributed by atoms with Gasteiger partial charge in [-0.3, -0.25) is 0 Å². The number of hydrogen-bond donors (Lipinski definition) is 1. The Hall–Kier alpha value is -1.96. The third kappa shape index (κ3) is 2.51. The van der Waals surface area contributed by atoms with Crippen LogP contribution >= 0.6 is 0 Å². The summed E-state index contributed by atoms with van der Waals surface area (Å²) in [6.45, 7) is 3.35. The molecule has 0 radical (unpaired) electrons. The molecule has 0 bridgehead atoms. The summed E-state index contributed by atoms with van der Waals surface area (Å²) >= 11 is 0. The van der Waals surface area contributed by atoms with E-state index in [9.17, 15) is 13.2 Å². The Morgan fingerprint density at radius 3 is 2.43 bits per heavy atom. The Labute approximate surface area is 118 Å².